The van der Waals surface area contributed by atoms with Crippen LogP contribution in [-0.2, 0) is 4.74 Å². The van der Waals surface area contributed by atoms with Crippen molar-refractivity contribution in [3.63, 3.8) is 0 Å². The zero-order chi connectivity index (χ0) is 11.7. The fraction of sp³-hybridized carbons (Fsp3) is 0.778. The van der Waals surface area contributed by atoms with Gasteiger partial charge in [-0.25, -0.2) is 0 Å². The van der Waals surface area contributed by atoms with Gasteiger partial charge in [0.2, 0.25) is 0 Å². The van der Waals surface area contributed by atoms with Crippen LogP contribution in [0.1, 0.15) is 6.92 Å². The van der Waals surface area contributed by atoms with E-state index in [1.807, 2.05) is 13.0 Å². The van der Waals surface area contributed by atoms with Crippen LogP contribution in [0.3, 0.4) is 0 Å². The van der Waals surface area contributed by atoms with E-state index in [0.29, 0.717) is 5.17 Å². The molecular weight excluding hydrogens is 230 g/mol. The number of ether oxygens (including phenoxy) is 1. The van der Waals surface area contributed by atoms with E-state index >= 15 is 0 Å². The monoisotopic (exact) mass is 243 g/mol. The second kappa shape index (κ2) is 4.59. The smallest absolute Gasteiger partial charge is 0.173 e. The molecule has 88 valence electrons. The number of amidine groups is 1. The van der Waals surface area contributed by atoms with E-state index in [1.54, 1.807) is 0 Å². The van der Waals surface area contributed by atoms with E-state index in [9.17, 15) is 10.2 Å². The summed E-state index contributed by atoms with van der Waals surface area (Å²) in [6.07, 6.45) is -3.23. The first-order valence-electron chi connectivity index (χ1n) is 5.07. The molecule has 0 radical (unpaired) electrons. The molecule has 7 heteroatoms. The van der Waals surface area contributed by atoms with Gasteiger partial charge >= 0.3 is 0 Å². The van der Waals surface area contributed by atoms with Crippen molar-refractivity contribution in [1.82, 2.24) is 5.32 Å². The van der Waals surface area contributed by atoms with Crippen molar-refractivity contribution in [2.45, 2.75) is 36.7 Å². The van der Waals surface area contributed by atoms with Crippen molar-refractivity contribution in [3.8, 4) is 6.07 Å². The van der Waals surface area contributed by atoms with E-state index in [2.05, 4.69) is 10.3 Å². The SMILES string of the molecule is CCNC1=N[C@@H]2[C@@H](O)[C@H](O)[C@@H](C#N)O[C@@H]2S1. The quantitative estimate of drug-likeness (QED) is 0.548. The maximum Gasteiger partial charge on any atom is 0.173 e. The minimum absolute atomic E-state index is 0.392. The number of thioether (sulfide) groups is 1. The Balaban J connectivity index is 2.11. The van der Waals surface area contributed by atoms with Crippen molar-refractivity contribution in [1.29, 1.82) is 5.26 Å². The summed E-state index contributed by atoms with van der Waals surface area (Å²) in [5.41, 5.74) is -0.392. The lowest BCUT2D eigenvalue weighted by Gasteiger charge is -2.34. The molecule has 2 heterocycles. The summed E-state index contributed by atoms with van der Waals surface area (Å²) in [6, 6.07) is 1.33. The number of fused-ring (bicyclic) bond motifs is 1. The van der Waals surface area contributed by atoms with Crippen LogP contribution in [-0.4, -0.2) is 51.7 Å². The highest BCUT2D eigenvalue weighted by molar-refractivity contribution is 8.14. The van der Waals surface area contributed by atoms with Gasteiger partial charge in [-0.05, 0) is 6.92 Å². The molecule has 0 spiro atoms. The second-order valence-corrected chi connectivity index (χ2v) is 4.70. The summed E-state index contributed by atoms with van der Waals surface area (Å²) < 4.78 is 5.36. The molecule has 0 aromatic rings. The highest BCUT2D eigenvalue weighted by Crippen LogP contribution is 2.35. The van der Waals surface area contributed by atoms with E-state index in [1.165, 1.54) is 11.8 Å². The molecule has 0 unspecified atom stereocenters. The van der Waals surface area contributed by atoms with Crippen LogP contribution in [0.5, 0.6) is 0 Å². The van der Waals surface area contributed by atoms with Crippen molar-refractivity contribution in [3.05, 3.63) is 0 Å². The molecule has 16 heavy (non-hydrogen) atoms. The number of nitrogens with one attached hydrogen (secondary N) is 1. The maximum absolute atomic E-state index is 9.81. The van der Waals surface area contributed by atoms with E-state index in [4.69, 9.17) is 10.00 Å². The van der Waals surface area contributed by atoms with Gasteiger partial charge in [-0.1, -0.05) is 11.8 Å². The number of hydrogen-bond donors (Lipinski definition) is 3. The molecule has 1 saturated heterocycles. The lowest BCUT2D eigenvalue weighted by molar-refractivity contribution is -0.132. The zero-order valence-electron chi connectivity index (χ0n) is 8.70. The van der Waals surface area contributed by atoms with Crippen LogP contribution in [0.4, 0.5) is 0 Å². The van der Waals surface area contributed by atoms with Crippen molar-refractivity contribution in [2.75, 3.05) is 6.54 Å². The lowest BCUT2D eigenvalue weighted by Crippen LogP contribution is -2.54. The topological polar surface area (TPSA) is 97.9 Å². The Hall–Kier alpha value is -0.810. The summed E-state index contributed by atoms with van der Waals surface area (Å²) in [5, 5.41) is 31.9. The van der Waals surface area contributed by atoms with Gasteiger partial charge in [0, 0.05) is 6.54 Å². The lowest BCUT2D eigenvalue weighted by atomic mass is 9.99. The molecule has 2 aliphatic heterocycles. The Kier molecular flexibility index (Phi) is 3.35. The van der Waals surface area contributed by atoms with E-state index < -0.39 is 29.8 Å². The Morgan fingerprint density at radius 2 is 2.31 bits per heavy atom. The average molecular weight is 243 g/mol. The van der Waals surface area contributed by atoms with Crippen LogP contribution in [0.2, 0.25) is 0 Å². The minimum Gasteiger partial charge on any atom is -0.388 e. The third-order valence-electron chi connectivity index (χ3n) is 2.52. The summed E-state index contributed by atoms with van der Waals surface area (Å²) >= 11 is 1.34. The summed E-state index contributed by atoms with van der Waals surface area (Å²) in [7, 11) is 0. The number of nitrogens with zero attached hydrogens (tertiary/aromatic N) is 2. The van der Waals surface area contributed by atoms with Gasteiger partial charge in [0.25, 0.3) is 0 Å². The summed E-state index contributed by atoms with van der Waals surface area (Å²) in [6.45, 7) is 2.67. The predicted molar refractivity (Wildman–Crippen MR) is 58.8 cm³/mol. The van der Waals surface area contributed by atoms with Gasteiger partial charge in [-0.2, -0.15) is 5.26 Å². The second-order valence-electron chi connectivity index (χ2n) is 3.61. The highest BCUT2D eigenvalue weighted by atomic mass is 32.2. The normalized spacial score (nSPS) is 42.1. The first-order valence-corrected chi connectivity index (χ1v) is 5.95. The van der Waals surface area contributed by atoms with Crippen LogP contribution in [0, 0.1) is 11.3 Å². The fourth-order valence-electron chi connectivity index (χ4n) is 1.70. The molecule has 0 bridgehead atoms. The van der Waals surface area contributed by atoms with Gasteiger partial charge in [0.1, 0.15) is 23.7 Å². The van der Waals surface area contributed by atoms with Gasteiger partial charge in [-0.15, -0.1) is 0 Å². The molecule has 0 aromatic heterocycles. The molecule has 1 fully saturated rings. The summed E-state index contributed by atoms with van der Waals surface area (Å²) in [4.78, 5) is 4.22. The Bertz CT molecular complexity index is 343. The Labute approximate surface area is 97.3 Å². The van der Waals surface area contributed by atoms with E-state index in [-0.39, 0.29) is 0 Å². The number of hydrogen-bond acceptors (Lipinski definition) is 7. The van der Waals surface area contributed by atoms with Crippen LogP contribution < -0.4 is 5.32 Å². The maximum atomic E-state index is 9.81. The van der Waals surface area contributed by atoms with Crippen molar-refractivity contribution >= 4 is 16.9 Å². The van der Waals surface area contributed by atoms with Gasteiger partial charge in [-0.3, -0.25) is 4.99 Å². The first-order chi connectivity index (χ1) is 7.67. The molecule has 2 aliphatic rings. The number of aliphatic hydroxyl groups is 2. The predicted octanol–water partition coefficient (Wildman–Crippen LogP) is -0.962. The third-order valence-corrected chi connectivity index (χ3v) is 3.61. The zero-order valence-corrected chi connectivity index (χ0v) is 9.52. The number of aliphatic hydroxyl groups excluding tert-OH is 2. The highest BCUT2D eigenvalue weighted by Gasteiger charge is 2.48. The first kappa shape index (κ1) is 11.7. The Morgan fingerprint density at radius 1 is 1.56 bits per heavy atom. The van der Waals surface area contributed by atoms with Crippen LogP contribution >= 0.6 is 11.8 Å². The molecule has 6 nitrogen and oxygen atoms in total. The Morgan fingerprint density at radius 3 is 2.94 bits per heavy atom. The molecule has 2 rings (SSSR count). The minimum atomic E-state index is -1.20. The van der Waals surface area contributed by atoms with Gasteiger partial charge in [0.05, 0.1) is 6.07 Å². The fourth-order valence-corrected chi connectivity index (χ4v) is 2.87. The number of nitriles is 1. The molecule has 3 N–H and O–H groups in total. The molecule has 0 aliphatic carbocycles. The van der Waals surface area contributed by atoms with Gasteiger partial charge in [0.15, 0.2) is 11.3 Å². The number of rotatable bonds is 1. The van der Waals surface area contributed by atoms with Crippen molar-refractivity contribution in [2.24, 2.45) is 4.99 Å². The van der Waals surface area contributed by atoms with Crippen LogP contribution in [0.25, 0.3) is 0 Å². The third kappa shape index (κ3) is 1.89. The molecule has 0 saturated carbocycles. The van der Waals surface area contributed by atoms with Gasteiger partial charge < -0.3 is 20.3 Å². The molecule has 0 aromatic carbocycles. The van der Waals surface area contributed by atoms with Crippen molar-refractivity contribution < 1.29 is 14.9 Å². The molecule has 5 atom stereocenters. The van der Waals surface area contributed by atoms with E-state index in [0.717, 1.165) is 6.54 Å². The van der Waals surface area contributed by atoms with Crippen LogP contribution in [0.15, 0.2) is 4.99 Å². The molecule has 0 amide bonds. The largest absolute Gasteiger partial charge is 0.388 e. The number of aliphatic imine (C=N–C) groups is 1. The standard InChI is InChI=1S/C9H13N3O3S/c1-2-11-9-12-5-7(14)6(13)4(3-10)15-8(5)16-9/h4-8,13-14H,2H2,1H3,(H,11,12)/t4-,5-,6-,7-,8-/m1/s1. The molecular formula is C9H13N3O3S. The summed E-state index contributed by atoms with van der Waals surface area (Å²) in [5.74, 6) is 0. The average Bonchev–Trinajstić information content (AvgIpc) is 2.67.